The number of carbonyl (C=O) groups excluding carboxylic acids is 1. The summed E-state index contributed by atoms with van der Waals surface area (Å²) in [4.78, 5) is 14.0. The van der Waals surface area contributed by atoms with E-state index in [2.05, 4.69) is 18.7 Å². The van der Waals surface area contributed by atoms with Crippen molar-refractivity contribution in [1.29, 1.82) is 0 Å². The average Bonchev–Trinajstić information content (AvgIpc) is 2.46. The highest BCUT2D eigenvalue weighted by Gasteiger charge is 2.38. The third-order valence-electron chi connectivity index (χ3n) is 4.47. The van der Waals surface area contributed by atoms with E-state index in [0.29, 0.717) is 45.4 Å². The second kappa shape index (κ2) is 8.71. The van der Waals surface area contributed by atoms with E-state index in [-0.39, 0.29) is 17.9 Å². The number of likely N-dealkylation sites (N-methyl/N-ethyl adjacent to an activating group) is 1. The standard InChI is InChI=1S/C16H31NO4/c1-5-17(13(3)11-20-4)12-16(19)9-7-14(8-10-16)15(18)21-6-2/h13-14,19H,5-12H2,1-4H3. The Morgan fingerprint density at radius 2 is 2.00 bits per heavy atom. The first-order valence-electron chi connectivity index (χ1n) is 8.07. The molecule has 0 bridgehead atoms. The van der Waals surface area contributed by atoms with Crippen molar-refractivity contribution in [3.63, 3.8) is 0 Å². The van der Waals surface area contributed by atoms with Gasteiger partial charge in [0.1, 0.15) is 0 Å². The first-order chi connectivity index (χ1) is 9.95. The van der Waals surface area contributed by atoms with E-state index in [1.807, 2.05) is 6.92 Å². The van der Waals surface area contributed by atoms with Gasteiger partial charge in [-0.25, -0.2) is 0 Å². The number of nitrogens with zero attached hydrogens (tertiary/aromatic N) is 1. The van der Waals surface area contributed by atoms with Gasteiger partial charge in [0.15, 0.2) is 0 Å². The van der Waals surface area contributed by atoms with Gasteiger partial charge in [0.25, 0.3) is 0 Å². The lowest BCUT2D eigenvalue weighted by Gasteiger charge is -2.40. The van der Waals surface area contributed by atoms with Gasteiger partial charge in [0.2, 0.25) is 0 Å². The van der Waals surface area contributed by atoms with Gasteiger partial charge in [0, 0.05) is 19.7 Å². The van der Waals surface area contributed by atoms with Gasteiger partial charge in [-0.3, -0.25) is 9.69 Å². The Morgan fingerprint density at radius 1 is 1.38 bits per heavy atom. The number of ether oxygens (including phenoxy) is 2. The highest BCUT2D eigenvalue weighted by atomic mass is 16.5. The molecule has 1 aliphatic carbocycles. The minimum absolute atomic E-state index is 0.0447. The zero-order valence-electron chi connectivity index (χ0n) is 13.9. The molecule has 0 heterocycles. The lowest BCUT2D eigenvalue weighted by atomic mass is 9.78. The minimum atomic E-state index is -0.693. The number of carbonyl (C=O) groups is 1. The Kier molecular flexibility index (Phi) is 7.63. The van der Waals surface area contributed by atoms with Crippen molar-refractivity contribution in [3.8, 4) is 0 Å². The zero-order valence-corrected chi connectivity index (χ0v) is 13.9. The predicted molar refractivity (Wildman–Crippen MR) is 82.1 cm³/mol. The lowest BCUT2D eigenvalue weighted by Crippen LogP contribution is -2.49. The molecule has 0 aromatic rings. The van der Waals surface area contributed by atoms with Crippen LogP contribution in [-0.2, 0) is 14.3 Å². The molecule has 5 heteroatoms. The highest BCUT2D eigenvalue weighted by molar-refractivity contribution is 5.72. The van der Waals surface area contributed by atoms with Crippen LogP contribution in [0.25, 0.3) is 0 Å². The van der Waals surface area contributed by atoms with Gasteiger partial charge in [-0.2, -0.15) is 0 Å². The molecular formula is C16H31NO4. The summed E-state index contributed by atoms with van der Waals surface area (Å²) in [7, 11) is 1.70. The van der Waals surface area contributed by atoms with E-state index in [1.165, 1.54) is 0 Å². The van der Waals surface area contributed by atoms with Gasteiger partial charge in [-0.15, -0.1) is 0 Å². The molecule has 124 valence electrons. The molecule has 0 amide bonds. The van der Waals surface area contributed by atoms with Gasteiger partial charge in [0.05, 0.1) is 24.7 Å². The smallest absolute Gasteiger partial charge is 0.308 e. The van der Waals surface area contributed by atoms with Crippen molar-refractivity contribution in [3.05, 3.63) is 0 Å². The summed E-state index contributed by atoms with van der Waals surface area (Å²) in [6, 6.07) is 0.284. The number of rotatable bonds is 8. The fraction of sp³-hybridized carbons (Fsp3) is 0.938. The van der Waals surface area contributed by atoms with Crippen LogP contribution in [0.5, 0.6) is 0 Å². The van der Waals surface area contributed by atoms with Crippen molar-refractivity contribution in [2.24, 2.45) is 5.92 Å². The Bertz CT molecular complexity index is 313. The zero-order chi connectivity index (χ0) is 15.9. The maximum Gasteiger partial charge on any atom is 0.308 e. The summed E-state index contributed by atoms with van der Waals surface area (Å²) in [5.74, 6) is -0.156. The summed E-state index contributed by atoms with van der Waals surface area (Å²) >= 11 is 0. The van der Waals surface area contributed by atoms with Crippen LogP contribution in [0.2, 0.25) is 0 Å². The van der Waals surface area contributed by atoms with Crippen LogP contribution >= 0.6 is 0 Å². The summed E-state index contributed by atoms with van der Waals surface area (Å²) in [5, 5.41) is 10.8. The van der Waals surface area contributed by atoms with E-state index in [9.17, 15) is 9.90 Å². The molecule has 1 atom stereocenters. The van der Waals surface area contributed by atoms with Crippen molar-refractivity contribution in [2.75, 3.05) is 33.4 Å². The molecule has 1 saturated carbocycles. The van der Waals surface area contributed by atoms with Crippen LogP contribution in [0.4, 0.5) is 0 Å². The van der Waals surface area contributed by atoms with Gasteiger partial charge in [-0.05, 0) is 46.1 Å². The largest absolute Gasteiger partial charge is 0.466 e. The van der Waals surface area contributed by atoms with E-state index >= 15 is 0 Å². The molecule has 1 aliphatic rings. The van der Waals surface area contributed by atoms with E-state index in [4.69, 9.17) is 9.47 Å². The van der Waals surface area contributed by atoms with Crippen molar-refractivity contribution in [2.45, 2.75) is 58.1 Å². The Morgan fingerprint density at radius 3 is 2.48 bits per heavy atom. The SMILES string of the molecule is CCOC(=O)C1CCC(O)(CN(CC)C(C)COC)CC1. The molecule has 1 unspecified atom stereocenters. The second-order valence-corrected chi connectivity index (χ2v) is 6.12. The topological polar surface area (TPSA) is 59.0 Å². The summed E-state index contributed by atoms with van der Waals surface area (Å²) in [6.07, 6.45) is 2.75. The van der Waals surface area contributed by atoms with E-state index < -0.39 is 5.60 Å². The van der Waals surface area contributed by atoms with Crippen LogP contribution in [0, 0.1) is 5.92 Å². The number of methoxy groups -OCH3 is 1. The lowest BCUT2D eigenvalue weighted by molar-refractivity contribution is -0.151. The number of hydrogen-bond acceptors (Lipinski definition) is 5. The van der Waals surface area contributed by atoms with Crippen LogP contribution in [0.15, 0.2) is 0 Å². The molecule has 0 spiro atoms. The average molecular weight is 301 g/mol. The normalized spacial score (nSPS) is 27.6. The van der Waals surface area contributed by atoms with Crippen LogP contribution in [0.1, 0.15) is 46.5 Å². The van der Waals surface area contributed by atoms with E-state index in [1.54, 1.807) is 7.11 Å². The maximum atomic E-state index is 11.8. The number of esters is 1. The first kappa shape index (κ1) is 18.4. The molecule has 1 fully saturated rings. The van der Waals surface area contributed by atoms with Crippen LogP contribution in [-0.4, -0.2) is 61.0 Å². The molecule has 0 aromatic carbocycles. The number of hydrogen-bond donors (Lipinski definition) is 1. The van der Waals surface area contributed by atoms with Gasteiger partial charge in [-0.1, -0.05) is 6.92 Å². The van der Waals surface area contributed by atoms with E-state index in [0.717, 1.165) is 6.54 Å². The van der Waals surface area contributed by atoms with Crippen LogP contribution < -0.4 is 0 Å². The fourth-order valence-electron chi connectivity index (χ4n) is 3.11. The molecule has 0 radical (unpaired) electrons. The highest BCUT2D eigenvalue weighted by Crippen LogP contribution is 2.33. The molecule has 1 rings (SSSR count). The molecule has 0 aliphatic heterocycles. The van der Waals surface area contributed by atoms with Crippen molar-refractivity contribution < 1.29 is 19.4 Å². The third-order valence-corrected chi connectivity index (χ3v) is 4.47. The van der Waals surface area contributed by atoms with Gasteiger partial charge < -0.3 is 14.6 Å². The monoisotopic (exact) mass is 301 g/mol. The summed E-state index contributed by atoms with van der Waals surface area (Å²) in [5.41, 5.74) is -0.693. The predicted octanol–water partition coefficient (Wildman–Crippen LogP) is 1.83. The molecular weight excluding hydrogens is 270 g/mol. The second-order valence-electron chi connectivity index (χ2n) is 6.12. The van der Waals surface area contributed by atoms with Crippen molar-refractivity contribution in [1.82, 2.24) is 4.90 Å². The first-order valence-corrected chi connectivity index (χ1v) is 8.07. The molecule has 5 nitrogen and oxygen atoms in total. The van der Waals surface area contributed by atoms with Crippen LogP contribution in [0.3, 0.4) is 0 Å². The molecule has 0 saturated heterocycles. The summed E-state index contributed by atoms with van der Waals surface area (Å²) < 4.78 is 10.3. The van der Waals surface area contributed by atoms with Crippen molar-refractivity contribution >= 4 is 5.97 Å². The molecule has 1 N–H and O–H groups in total. The Hall–Kier alpha value is -0.650. The maximum absolute atomic E-state index is 11.8. The molecule has 21 heavy (non-hydrogen) atoms. The Labute approximate surface area is 128 Å². The molecule has 0 aromatic heterocycles. The van der Waals surface area contributed by atoms with Gasteiger partial charge >= 0.3 is 5.97 Å². The minimum Gasteiger partial charge on any atom is -0.466 e. The Balaban J connectivity index is 2.50. The summed E-state index contributed by atoms with van der Waals surface area (Å²) in [6.45, 7) is 8.65. The third kappa shape index (κ3) is 5.57. The fourth-order valence-corrected chi connectivity index (χ4v) is 3.11. The quantitative estimate of drug-likeness (QED) is 0.693. The number of aliphatic hydroxyl groups is 1.